The van der Waals surface area contributed by atoms with Crippen molar-refractivity contribution < 1.29 is 0 Å². The highest BCUT2D eigenvalue weighted by Crippen LogP contribution is 2.10. The zero-order chi connectivity index (χ0) is 8.55. The van der Waals surface area contributed by atoms with Gasteiger partial charge in [0.2, 0.25) is 0 Å². The van der Waals surface area contributed by atoms with Gasteiger partial charge in [0.1, 0.15) is 0 Å². The molecule has 2 rings (SSSR count). The van der Waals surface area contributed by atoms with E-state index in [1.165, 1.54) is 0 Å². The van der Waals surface area contributed by atoms with Crippen LogP contribution in [0.5, 0.6) is 0 Å². The number of rotatable bonds is 1. The number of nitrogens with one attached hydrogen (secondary N) is 2. The SMILES string of the molecule is C[CH-]c1cc2cnc(=O)[nH]c2[nH]1. The van der Waals surface area contributed by atoms with E-state index in [1.807, 2.05) is 19.4 Å². The van der Waals surface area contributed by atoms with Crippen molar-refractivity contribution in [1.29, 1.82) is 0 Å². The van der Waals surface area contributed by atoms with Crippen LogP contribution in [0, 0.1) is 6.42 Å². The predicted molar refractivity (Wildman–Crippen MR) is 45.8 cm³/mol. The molecule has 2 N–H and O–H groups in total. The quantitative estimate of drug-likeness (QED) is 0.610. The first-order chi connectivity index (χ1) is 5.79. The Hall–Kier alpha value is -1.71. The maximum atomic E-state index is 10.8. The lowest BCUT2D eigenvalue weighted by molar-refractivity contribution is 1.10. The molecule has 0 aromatic carbocycles. The molecule has 0 spiro atoms. The Balaban J connectivity index is 2.75. The van der Waals surface area contributed by atoms with Crippen molar-refractivity contribution in [3.05, 3.63) is 34.9 Å². The molecular formula is C8H8N3O-. The number of aromatic nitrogens is 3. The molecule has 2 heterocycles. The van der Waals surface area contributed by atoms with Gasteiger partial charge in [-0.3, -0.25) is 4.98 Å². The Morgan fingerprint density at radius 3 is 3.08 bits per heavy atom. The first-order valence-corrected chi connectivity index (χ1v) is 3.67. The zero-order valence-electron chi connectivity index (χ0n) is 6.59. The summed E-state index contributed by atoms with van der Waals surface area (Å²) in [5, 5.41) is 0.919. The highest BCUT2D eigenvalue weighted by Gasteiger charge is 1.92. The van der Waals surface area contributed by atoms with Crippen molar-refractivity contribution in [2.45, 2.75) is 6.92 Å². The monoisotopic (exact) mass is 162 g/mol. The molecule has 0 bridgehead atoms. The first kappa shape index (κ1) is 6.97. The molecule has 0 aliphatic carbocycles. The fourth-order valence-corrected chi connectivity index (χ4v) is 1.12. The van der Waals surface area contributed by atoms with Gasteiger partial charge < -0.3 is 4.98 Å². The van der Waals surface area contributed by atoms with E-state index in [1.54, 1.807) is 6.20 Å². The standard InChI is InChI=1S/C8H8N3O/c1-2-6-3-5-4-9-8(12)11-7(5)10-6/h2-4H,1H3,(H2,9,10,11,12)/q-1. The van der Waals surface area contributed by atoms with E-state index < -0.39 is 0 Å². The fraction of sp³-hybridized carbons (Fsp3) is 0.125. The fourth-order valence-electron chi connectivity index (χ4n) is 1.12. The molecule has 0 fully saturated rings. The van der Waals surface area contributed by atoms with Gasteiger partial charge in [0.25, 0.3) is 0 Å². The largest absolute Gasteiger partial charge is 0.377 e. The van der Waals surface area contributed by atoms with Crippen LogP contribution in [0.25, 0.3) is 11.0 Å². The van der Waals surface area contributed by atoms with E-state index in [0.717, 1.165) is 16.7 Å². The van der Waals surface area contributed by atoms with E-state index in [4.69, 9.17) is 0 Å². The van der Waals surface area contributed by atoms with Crippen molar-refractivity contribution in [1.82, 2.24) is 15.0 Å². The van der Waals surface area contributed by atoms with E-state index >= 15 is 0 Å². The summed E-state index contributed by atoms with van der Waals surface area (Å²) in [6, 6.07) is 1.93. The highest BCUT2D eigenvalue weighted by atomic mass is 16.1. The molecule has 0 aliphatic rings. The summed E-state index contributed by atoms with van der Waals surface area (Å²) in [6.07, 6.45) is 3.48. The number of aromatic amines is 2. The molecule has 2 aromatic heterocycles. The van der Waals surface area contributed by atoms with Crippen molar-refractivity contribution in [3.63, 3.8) is 0 Å². The molecule has 0 unspecified atom stereocenters. The lowest BCUT2D eigenvalue weighted by atomic mass is 10.3. The Morgan fingerprint density at radius 1 is 1.50 bits per heavy atom. The minimum absolute atomic E-state index is 0.327. The van der Waals surface area contributed by atoms with Gasteiger partial charge >= 0.3 is 5.69 Å². The Morgan fingerprint density at radius 2 is 2.33 bits per heavy atom. The molecular weight excluding hydrogens is 154 g/mol. The van der Waals surface area contributed by atoms with Gasteiger partial charge in [0.15, 0.2) is 0 Å². The minimum Gasteiger partial charge on any atom is -0.377 e. The zero-order valence-corrected chi connectivity index (χ0v) is 6.59. The lowest BCUT2D eigenvalue weighted by Crippen LogP contribution is -2.07. The van der Waals surface area contributed by atoms with Gasteiger partial charge in [-0.25, -0.2) is 16.2 Å². The summed E-state index contributed by atoms with van der Waals surface area (Å²) in [6.45, 7) is 1.93. The minimum atomic E-state index is -0.327. The number of hydrogen-bond donors (Lipinski definition) is 2. The van der Waals surface area contributed by atoms with Gasteiger partial charge in [-0.2, -0.15) is 6.07 Å². The summed E-state index contributed by atoms with van der Waals surface area (Å²) in [5.74, 6) is 0. The van der Waals surface area contributed by atoms with E-state index in [-0.39, 0.29) is 5.69 Å². The summed E-state index contributed by atoms with van der Waals surface area (Å²) in [4.78, 5) is 20.0. The second-order valence-electron chi connectivity index (χ2n) is 2.53. The van der Waals surface area contributed by atoms with Crippen LogP contribution in [-0.2, 0) is 0 Å². The second-order valence-corrected chi connectivity index (χ2v) is 2.53. The molecule has 62 valence electrons. The third kappa shape index (κ3) is 0.972. The maximum absolute atomic E-state index is 10.8. The smallest absolute Gasteiger partial charge is 0.346 e. The number of H-pyrrole nitrogens is 2. The van der Waals surface area contributed by atoms with Crippen LogP contribution in [0.4, 0.5) is 0 Å². The molecule has 2 aromatic rings. The molecule has 0 radical (unpaired) electrons. The Bertz CT molecular complexity index is 455. The highest BCUT2D eigenvalue weighted by molar-refractivity contribution is 5.75. The van der Waals surface area contributed by atoms with Crippen molar-refractivity contribution in [3.8, 4) is 0 Å². The maximum Gasteiger partial charge on any atom is 0.346 e. The summed E-state index contributed by atoms with van der Waals surface area (Å²) in [7, 11) is 0. The van der Waals surface area contributed by atoms with Crippen molar-refractivity contribution in [2.24, 2.45) is 0 Å². The third-order valence-electron chi connectivity index (χ3n) is 1.73. The molecule has 0 amide bonds. The topological polar surface area (TPSA) is 61.5 Å². The van der Waals surface area contributed by atoms with Crippen molar-refractivity contribution in [2.75, 3.05) is 0 Å². The molecule has 0 saturated carbocycles. The second kappa shape index (κ2) is 2.41. The number of hydrogen-bond acceptors (Lipinski definition) is 2. The van der Waals surface area contributed by atoms with E-state index in [0.29, 0.717) is 0 Å². The first-order valence-electron chi connectivity index (χ1n) is 3.67. The van der Waals surface area contributed by atoms with Crippen LogP contribution >= 0.6 is 0 Å². The molecule has 12 heavy (non-hydrogen) atoms. The van der Waals surface area contributed by atoms with Gasteiger partial charge in [-0.1, -0.05) is 0 Å². The normalized spacial score (nSPS) is 10.4. The van der Waals surface area contributed by atoms with Crippen LogP contribution in [0.3, 0.4) is 0 Å². The molecule has 4 nitrogen and oxygen atoms in total. The molecule has 0 aliphatic heterocycles. The molecule has 4 heteroatoms. The third-order valence-corrected chi connectivity index (χ3v) is 1.73. The van der Waals surface area contributed by atoms with Gasteiger partial charge in [0.05, 0.1) is 5.65 Å². The average Bonchev–Trinajstić information content (AvgIpc) is 2.46. The summed E-state index contributed by atoms with van der Waals surface area (Å²) in [5.41, 5.74) is 1.38. The van der Waals surface area contributed by atoms with Crippen LogP contribution in [0.2, 0.25) is 0 Å². The molecule has 0 atom stereocenters. The average molecular weight is 162 g/mol. The van der Waals surface area contributed by atoms with Gasteiger partial charge in [0, 0.05) is 6.20 Å². The summed E-state index contributed by atoms with van der Waals surface area (Å²) >= 11 is 0. The summed E-state index contributed by atoms with van der Waals surface area (Å²) < 4.78 is 0. The van der Waals surface area contributed by atoms with E-state index in [2.05, 4.69) is 15.0 Å². The van der Waals surface area contributed by atoms with Crippen LogP contribution in [-0.4, -0.2) is 15.0 Å². The van der Waals surface area contributed by atoms with Crippen molar-refractivity contribution >= 4 is 11.0 Å². The molecule has 0 saturated heterocycles. The number of fused-ring (bicyclic) bond motifs is 1. The van der Waals surface area contributed by atoms with Gasteiger partial charge in [-0.05, 0) is 5.39 Å². The van der Waals surface area contributed by atoms with Gasteiger partial charge in [-0.15, -0.1) is 12.6 Å². The van der Waals surface area contributed by atoms with E-state index in [9.17, 15) is 4.79 Å². The van der Waals surface area contributed by atoms with Crippen LogP contribution in [0.1, 0.15) is 12.6 Å². The Labute approximate surface area is 68.7 Å². The van der Waals surface area contributed by atoms with Crippen LogP contribution in [0.15, 0.2) is 17.1 Å². The predicted octanol–water partition coefficient (Wildman–Crippen LogP) is 0.823. The van der Waals surface area contributed by atoms with Crippen LogP contribution < -0.4 is 5.69 Å². The lowest BCUT2D eigenvalue weighted by Gasteiger charge is -1.94. The Kier molecular flexibility index (Phi) is 1.40. The number of nitrogens with zero attached hydrogens (tertiary/aromatic N) is 1.